The molecule has 0 radical (unpaired) electrons. The molecule has 1 aromatic carbocycles. The van der Waals surface area contributed by atoms with Crippen LogP contribution in [0.25, 0.3) is 0 Å². The Balaban J connectivity index is 2.03. The van der Waals surface area contributed by atoms with E-state index in [4.69, 9.17) is 5.73 Å². The minimum Gasteiger partial charge on any atom is -0.324 e. The minimum atomic E-state index is 0.217. The molecule has 1 nitrogen and oxygen atoms in total. The van der Waals surface area contributed by atoms with Gasteiger partial charge in [0.15, 0.2) is 0 Å². The summed E-state index contributed by atoms with van der Waals surface area (Å²) in [5.74, 6) is 0. The summed E-state index contributed by atoms with van der Waals surface area (Å²) < 4.78 is 0. The molecule has 17 heavy (non-hydrogen) atoms. The highest BCUT2D eigenvalue weighted by Gasteiger charge is 2.12. The minimum absolute atomic E-state index is 0.217. The molecule has 92 valence electrons. The highest BCUT2D eigenvalue weighted by atomic mass is 14.6. The largest absolute Gasteiger partial charge is 0.324 e. The van der Waals surface area contributed by atoms with E-state index in [1.807, 2.05) is 0 Å². The zero-order chi connectivity index (χ0) is 12.1. The Kier molecular flexibility index (Phi) is 4.38. The van der Waals surface area contributed by atoms with Gasteiger partial charge in [0.25, 0.3) is 0 Å². The summed E-state index contributed by atoms with van der Waals surface area (Å²) in [6.07, 6.45) is 9.79. The van der Waals surface area contributed by atoms with Crippen molar-refractivity contribution >= 4 is 0 Å². The van der Waals surface area contributed by atoms with Gasteiger partial charge in [-0.25, -0.2) is 0 Å². The van der Waals surface area contributed by atoms with Gasteiger partial charge in [0.2, 0.25) is 0 Å². The van der Waals surface area contributed by atoms with E-state index in [1.54, 1.807) is 0 Å². The Labute approximate surface area is 105 Å². The van der Waals surface area contributed by atoms with Gasteiger partial charge >= 0.3 is 0 Å². The van der Waals surface area contributed by atoms with Gasteiger partial charge in [0.1, 0.15) is 0 Å². The molecule has 1 unspecified atom stereocenters. The van der Waals surface area contributed by atoms with Gasteiger partial charge in [-0.2, -0.15) is 0 Å². The summed E-state index contributed by atoms with van der Waals surface area (Å²) in [7, 11) is 0. The van der Waals surface area contributed by atoms with Crippen molar-refractivity contribution in [2.45, 2.75) is 51.5 Å². The van der Waals surface area contributed by atoms with Crippen molar-refractivity contribution in [3.63, 3.8) is 0 Å². The zero-order valence-corrected chi connectivity index (χ0v) is 10.8. The molecule has 1 aliphatic carbocycles. The number of hydrogen-bond donors (Lipinski definition) is 1. The molecule has 1 atom stereocenters. The van der Waals surface area contributed by atoms with E-state index in [1.165, 1.54) is 48.8 Å². The molecule has 1 aromatic rings. The molecule has 2 rings (SSSR count). The van der Waals surface area contributed by atoms with E-state index in [2.05, 4.69) is 37.3 Å². The normalized spacial score (nSPS) is 18.4. The Morgan fingerprint density at radius 3 is 2.82 bits per heavy atom. The SMILES string of the molecule is Cc1ccccc1CC(N)C1=CCCCCC1. The second-order valence-corrected chi connectivity index (χ2v) is 5.12. The molecule has 0 saturated carbocycles. The summed E-state index contributed by atoms with van der Waals surface area (Å²) in [5.41, 5.74) is 10.6. The van der Waals surface area contributed by atoms with E-state index < -0.39 is 0 Å². The molecule has 0 fully saturated rings. The van der Waals surface area contributed by atoms with E-state index in [-0.39, 0.29) is 6.04 Å². The van der Waals surface area contributed by atoms with Gasteiger partial charge in [0.05, 0.1) is 0 Å². The van der Waals surface area contributed by atoms with Crippen LogP contribution in [-0.4, -0.2) is 6.04 Å². The predicted molar refractivity (Wildman–Crippen MR) is 74.0 cm³/mol. The van der Waals surface area contributed by atoms with E-state index in [0.717, 1.165) is 6.42 Å². The lowest BCUT2D eigenvalue weighted by Gasteiger charge is -2.16. The summed E-state index contributed by atoms with van der Waals surface area (Å²) in [5, 5.41) is 0. The van der Waals surface area contributed by atoms with Crippen LogP contribution < -0.4 is 5.73 Å². The molecule has 1 heteroatoms. The standard InChI is InChI=1S/C16H23N/c1-13-8-6-7-11-15(13)12-16(17)14-9-4-2-3-5-10-14/h6-9,11,16H,2-5,10,12,17H2,1H3. The maximum absolute atomic E-state index is 6.35. The first-order chi connectivity index (χ1) is 8.27. The van der Waals surface area contributed by atoms with Crippen molar-refractivity contribution in [2.24, 2.45) is 5.73 Å². The van der Waals surface area contributed by atoms with Crippen LogP contribution in [0.3, 0.4) is 0 Å². The number of hydrogen-bond acceptors (Lipinski definition) is 1. The third-order valence-electron chi connectivity index (χ3n) is 3.75. The number of rotatable bonds is 3. The highest BCUT2D eigenvalue weighted by molar-refractivity contribution is 5.28. The summed E-state index contributed by atoms with van der Waals surface area (Å²) in [6.45, 7) is 2.17. The molecular weight excluding hydrogens is 206 g/mol. The molecule has 0 heterocycles. The number of nitrogens with two attached hydrogens (primary N) is 1. The van der Waals surface area contributed by atoms with Gasteiger partial charge in [-0.3, -0.25) is 0 Å². The first kappa shape index (κ1) is 12.4. The molecule has 0 amide bonds. The van der Waals surface area contributed by atoms with Crippen LogP contribution in [0.1, 0.15) is 43.2 Å². The number of benzene rings is 1. The monoisotopic (exact) mass is 229 g/mol. The molecular formula is C16H23N. The van der Waals surface area contributed by atoms with Gasteiger partial charge in [-0.15, -0.1) is 0 Å². The number of allylic oxidation sites excluding steroid dienone is 1. The van der Waals surface area contributed by atoms with Crippen LogP contribution in [0.2, 0.25) is 0 Å². The third-order valence-corrected chi connectivity index (χ3v) is 3.75. The van der Waals surface area contributed by atoms with Gasteiger partial charge in [-0.1, -0.05) is 42.3 Å². The smallest absolute Gasteiger partial charge is 0.0294 e. The first-order valence-corrected chi connectivity index (χ1v) is 6.76. The maximum Gasteiger partial charge on any atom is 0.0294 e. The van der Waals surface area contributed by atoms with Crippen molar-refractivity contribution in [3.05, 3.63) is 47.0 Å². The van der Waals surface area contributed by atoms with Crippen LogP contribution in [0.15, 0.2) is 35.9 Å². The topological polar surface area (TPSA) is 26.0 Å². The molecule has 2 N–H and O–H groups in total. The molecule has 1 aliphatic rings. The van der Waals surface area contributed by atoms with Crippen molar-refractivity contribution in [1.82, 2.24) is 0 Å². The van der Waals surface area contributed by atoms with Crippen LogP contribution in [0, 0.1) is 6.92 Å². The number of aryl methyl sites for hydroxylation is 1. The fraction of sp³-hybridized carbons (Fsp3) is 0.500. The predicted octanol–water partition coefficient (Wildman–Crippen LogP) is 3.76. The van der Waals surface area contributed by atoms with Gasteiger partial charge in [-0.05, 0) is 50.2 Å². The second kappa shape index (κ2) is 6.02. The van der Waals surface area contributed by atoms with Crippen LogP contribution >= 0.6 is 0 Å². The zero-order valence-electron chi connectivity index (χ0n) is 10.8. The lowest BCUT2D eigenvalue weighted by atomic mass is 9.94. The Bertz CT molecular complexity index is 392. The summed E-state index contributed by atoms with van der Waals surface area (Å²) in [6, 6.07) is 8.79. The summed E-state index contributed by atoms with van der Waals surface area (Å²) >= 11 is 0. The van der Waals surface area contributed by atoms with E-state index in [0.29, 0.717) is 0 Å². The van der Waals surface area contributed by atoms with Gasteiger partial charge < -0.3 is 5.73 Å². The Morgan fingerprint density at radius 1 is 1.18 bits per heavy atom. The lowest BCUT2D eigenvalue weighted by molar-refractivity contribution is 0.671. The quantitative estimate of drug-likeness (QED) is 0.785. The molecule has 0 aliphatic heterocycles. The molecule has 0 spiro atoms. The Morgan fingerprint density at radius 2 is 2.00 bits per heavy atom. The van der Waals surface area contributed by atoms with Crippen molar-refractivity contribution in [2.75, 3.05) is 0 Å². The first-order valence-electron chi connectivity index (χ1n) is 6.76. The fourth-order valence-corrected chi connectivity index (χ4v) is 2.58. The molecule has 0 aromatic heterocycles. The van der Waals surface area contributed by atoms with Crippen molar-refractivity contribution < 1.29 is 0 Å². The lowest BCUT2D eigenvalue weighted by Crippen LogP contribution is -2.25. The summed E-state index contributed by atoms with van der Waals surface area (Å²) in [4.78, 5) is 0. The van der Waals surface area contributed by atoms with Crippen molar-refractivity contribution in [1.29, 1.82) is 0 Å². The fourth-order valence-electron chi connectivity index (χ4n) is 2.58. The maximum atomic E-state index is 6.35. The van der Waals surface area contributed by atoms with E-state index >= 15 is 0 Å². The van der Waals surface area contributed by atoms with Crippen LogP contribution in [-0.2, 0) is 6.42 Å². The van der Waals surface area contributed by atoms with Crippen molar-refractivity contribution in [3.8, 4) is 0 Å². The Hall–Kier alpha value is -1.08. The third kappa shape index (κ3) is 3.44. The molecule has 0 saturated heterocycles. The second-order valence-electron chi connectivity index (χ2n) is 5.12. The van der Waals surface area contributed by atoms with Crippen LogP contribution in [0.4, 0.5) is 0 Å². The van der Waals surface area contributed by atoms with E-state index in [9.17, 15) is 0 Å². The van der Waals surface area contributed by atoms with Crippen LogP contribution in [0.5, 0.6) is 0 Å². The highest BCUT2D eigenvalue weighted by Crippen LogP contribution is 2.21. The average molecular weight is 229 g/mol. The van der Waals surface area contributed by atoms with Gasteiger partial charge in [0, 0.05) is 6.04 Å². The molecule has 0 bridgehead atoms. The average Bonchev–Trinajstić information content (AvgIpc) is 2.61.